The quantitative estimate of drug-likeness (QED) is 0.776. The molecule has 2 nitrogen and oxygen atoms in total. The second-order valence-electron chi connectivity index (χ2n) is 4.18. The Morgan fingerprint density at radius 2 is 2.29 bits per heavy atom. The number of anilines is 1. The Balaban J connectivity index is 2.47. The van der Waals surface area contributed by atoms with Crippen LogP contribution in [0.1, 0.15) is 25.8 Å². The van der Waals surface area contributed by atoms with Crippen molar-refractivity contribution in [3.8, 4) is 5.75 Å². The van der Waals surface area contributed by atoms with Crippen LogP contribution in [-0.4, -0.2) is 13.7 Å². The normalized spacial score (nSPS) is 24.2. The highest BCUT2D eigenvalue weighted by molar-refractivity contribution is 5.62. The highest BCUT2D eigenvalue weighted by Gasteiger charge is 2.32. The monoisotopic (exact) mass is 191 g/mol. The molecule has 2 heteroatoms. The molecule has 1 aromatic carbocycles. The SMILES string of the molecule is CCC1(C)CNc2ccc(OC)cc21. The molecule has 0 spiro atoms. The summed E-state index contributed by atoms with van der Waals surface area (Å²) in [5, 5.41) is 3.44. The molecule has 1 unspecified atom stereocenters. The Morgan fingerprint density at radius 1 is 1.50 bits per heavy atom. The topological polar surface area (TPSA) is 21.3 Å². The maximum Gasteiger partial charge on any atom is 0.119 e. The van der Waals surface area contributed by atoms with E-state index in [1.54, 1.807) is 7.11 Å². The summed E-state index contributed by atoms with van der Waals surface area (Å²) in [6.07, 6.45) is 1.15. The van der Waals surface area contributed by atoms with Crippen LogP contribution in [-0.2, 0) is 5.41 Å². The van der Waals surface area contributed by atoms with Gasteiger partial charge >= 0.3 is 0 Å². The van der Waals surface area contributed by atoms with E-state index in [0.717, 1.165) is 18.7 Å². The number of hydrogen-bond donors (Lipinski definition) is 1. The molecule has 1 atom stereocenters. The second kappa shape index (κ2) is 3.19. The van der Waals surface area contributed by atoms with E-state index < -0.39 is 0 Å². The van der Waals surface area contributed by atoms with Gasteiger partial charge < -0.3 is 10.1 Å². The molecule has 14 heavy (non-hydrogen) atoms. The third-order valence-electron chi connectivity index (χ3n) is 3.33. The zero-order valence-corrected chi connectivity index (χ0v) is 9.05. The van der Waals surface area contributed by atoms with Crippen LogP contribution in [0.2, 0.25) is 0 Å². The van der Waals surface area contributed by atoms with E-state index in [9.17, 15) is 0 Å². The molecule has 76 valence electrons. The lowest BCUT2D eigenvalue weighted by Gasteiger charge is -2.21. The fourth-order valence-electron chi connectivity index (χ4n) is 2.00. The molecule has 0 aromatic heterocycles. The van der Waals surface area contributed by atoms with Crippen LogP contribution in [0.15, 0.2) is 18.2 Å². The molecule has 0 aliphatic carbocycles. The summed E-state index contributed by atoms with van der Waals surface area (Å²) < 4.78 is 5.25. The van der Waals surface area contributed by atoms with Gasteiger partial charge in [0.2, 0.25) is 0 Å². The second-order valence-corrected chi connectivity index (χ2v) is 4.18. The maximum absolute atomic E-state index is 5.25. The van der Waals surface area contributed by atoms with E-state index in [4.69, 9.17) is 4.74 Å². The number of benzene rings is 1. The number of rotatable bonds is 2. The van der Waals surface area contributed by atoms with Gasteiger partial charge in [-0.15, -0.1) is 0 Å². The summed E-state index contributed by atoms with van der Waals surface area (Å²) in [5.74, 6) is 0.951. The third kappa shape index (κ3) is 1.26. The van der Waals surface area contributed by atoms with Crippen LogP contribution in [0.3, 0.4) is 0 Å². The van der Waals surface area contributed by atoms with Gasteiger partial charge in [0.15, 0.2) is 0 Å². The van der Waals surface area contributed by atoms with Crippen molar-refractivity contribution < 1.29 is 4.74 Å². The Labute approximate surface area is 85.3 Å². The minimum absolute atomic E-state index is 0.268. The molecule has 0 saturated heterocycles. The van der Waals surface area contributed by atoms with Gasteiger partial charge in [0.05, 0.1) is 7.11 Å². The summed E-state index contributed by atoms with van der Waals surface area (Å²) in [6.45, 7) is 5.56. The summed E-state index contributed by atoms with van der Waals surface area (Å²) in [7, 11) is 1.72. The number of nitrogens with one attached hydrogen (secondary N) is 1. The molecule has 1 aromatic rings. The Hall–Kier alpha value is -1.18. The predicted octanol–water partition coefficient (Wildman–Crippen LogP) is 2.79. The maximum atomic E-state index is 5.25. The molecule has 0 amide bonds. The van der Waals surface area contributed by atoms with Crippen molar-refractivity contribution in [1.29, 1.82) is 0 Å². The molecule has 0 bridgehead atoms. The molecule has 1 aliphatic heterocycles. The Kier molecular flexibility index (Phi) is 2.14. The Bertz CT molecular complexity index is 348. The number of hydrogen-bond acceptors (Lipinski definition) is 2. The lowest BCUT2D eigenvalue weighted by molar-refractivity contribution is 0.412. The van der Waals surface area contributed by atoms with Gasteiger partial charge in [-0.1, -0.05) is 13.8 Å². The number of ether oxygens (including phenoxy) is 1. The van der Waals surface area contributed by atoms with Gasteiger partial charge in [-0.05, 0) is 30.2 Å². The van der Waals surface area contributed by atoms with E-state index in [1.807, 2.05) is 6.07 Å². The number of methoxy groups -OCH3 is 1. The van der Waals surface area contributed by atoms with E-state index in [0.29, 0.717) is 0 Å². The average Bonchev–Trinajstić information content (AvgIpc) is 2.57. The summed E-state index contributed by atoms with van der Waals surface area (Å²) in [4.78, 5) is 0. The fourth-order valence-corrected chi connectivity index (χ4v) is 2.00. The van der Waals surface area contributed by atoms with Gasteiger partial charge in [-0.2, -0.15) is 0 Å². The molecule has 1 aliphatic rings. The van der Waals surface area contributed by atoms with Gasteiger partial charge in [0.25, 0.3) is 0 Å². The minimum Gasteiger partial charge on any atom is -0.497 e. The lowest BCUT2D eigenvalue weighted by atomic mass is 9.82. The van der Waals surface area contributed by atoms with Crippen LogP contribution in [0.4, 0.5) is 5.69 Å². The van der Waals surface area contributed by atoms with Gasteiger partial charge in [-0.25, -0.2) is 0 Å². The summed E-state index contributed by atoms with van der Waals surface area (Å²) in [6, 6.07) is 6.27. The average molecular weight is 191 g/mol. The van der Waals surface area contributed by atoms with Crippen molar-refractivity contribution in [2.45, 2.75) is 25.7 Å². The lowest BCUT2D eigenvalue weighted by Crippen LogP contribution is -2.22. The highest BCUT2D eigenvalue weighted by atomic mass is 16.5. The first-order valence-electron chi connectivity index (χ1n) is 5.12. The third-order valence-corrected chi connectivity index (χ3v) is 3.33. The van der Waals surface area contributed by atoms with E-state index in [1.165, 1.54) is 11.3 Å². The predicted molar refractivity (Wildman–Crippen MR) is 59.1 cm³/mol. The van der Waals surface area contributed by atoms with Crippen LogP contribution in [0.5, 0.6) is 5.75 Å². The van der Waals surface area contributed by atoms with Crippen molar-refractivity contribution in [3.05, 3.63) is 23.8 Å². The molecule has 1 heterocycles. The molecule has 2 rings (SSSR count). The first-order valence-corrected chi connectivity index (χ1v) is 5.12. The summed E-state index contributed by atoms with van der Waals surface area (Å²) in [5.41, 5.74) is 2.92. The standard InChI is InChI=1S/C12H17NO/c1-4-12(2)8-13-11-6-5-9(14-3)7-10(11)12/h5-7,13H,4,8H2,1-3H3. The van der Waals surface area contributed by atoms with Crippen molar-refractivity contribution >= 4 is 5.69 Å². The number of fused-ring (bicyclic) bond motifs is 1. The van der Waals surface area contributed by atoms with Crippen molar-refractivity contribution in [1.82, 2.24) is 0 Å². The van der Waals surface area contributed by atoms with E-state index in [-0.39, 0.29) is 5.41 Å². The van der Waals surface area contributed by atoms with Crippen LogP contribution in [0.25, 0.3) is 0 Å². The first-order chi connectivity index (χ1) is 6.69. The molecule has 0 fully saturated rings. The van der Waals surface area contributed by atoms with Crippen molar-refractivity contribution in [2.24, 2.45) is 0 Å². The van der Waals surface area contributed by atoms with Crippen LogP contribution < -0.4 is 10.1 Å². The molecule has 0 saturated carbocycles. The van der Waals surface area contributed by atoms with Gasteiger partial charge in [-0.3, -0.25) is 0 Å². The fraction of sp³-hybridized carbons (Fsp3) is 0.500. The molecular formula is C12H17NO. The summed E-state index contributed by atoms with van der Waals surface area (Å²) >= 11 is 0. The van der Waals surface area contributed by atoms with E-state index >= 15 is 0 Å². The first kappa shape index (κ1) is 9.38. The van der Waals surface area contributed by atoms with Crippen LogP contribution in [0, 0.1) is 0 Å². The molecular weight excluding hydrogens is 174 g/mol. The van der Waals surface area contributed by atoms with Gasteiger partial charge in [0.1, 0.15) is 5.75 Å². The molecule has 0 radical (unpaired) electrons. The van der Waals surface area contributed by atoms with Crippen molar-refractivity contribution in [2.75, 3.05) is 19.0 Å². The van der Waals surface area contributed by atoms with Gasteiger partial charge in [0, 0.05) is 17.6 Å². The molecule has 1 N–H and O–H groups in total. The van der Waals surface area contributed by atoms with Crippen molar-refractivity contribution in [3.63, 3.8) is 0 Å². The smallest absolute Gasteiger partial charge is 0.119 e. The minimum atomic E-state index is 0.268. The Morgan fingerprint density at radius 3 is 2.93 bits per heavy atom. The zero-order chi connectivity index (χ0) is 10.2. The van der Waals surface area contributed by atoms with Crippen LogP contribution >= 0.6 is 0 Å². The zero-order valence-electron chi connectivity index (χ0n) is 9.05. The largest absolute Gasteiger partial charge is 0.497 e. The van der Waals surface area contributed by atoms with E-state index in [2.05, 4.69) is 31.3 Å². The highest BCUT2D eigenvalue weighted by Crippen LogP contribution is 2.40.